The highest BCUT2D eigenvalue weighted by Gasteiger charge is 2.39. The summed E-state index contributed by atoms with van der Waals surface area (Å²) in [6.45, 7) is 1.83. The molecular weight excluding hydrogens is 449 g/mol. The largest absolute Gasteiger partial charge is 0.427 e. The predicted molar refractivity (Wildman–Crippen MR) is 117 cm³/mol. The van der Waals surface area contributed by atoms with Gasteiger partial charge in [0.15, 0.2) is 0 Å². The molecule has 1 atom stereocenters. The average Bonchev–Trinajstić information content (AvgIpc) is 3.39. The van der Waals surface area contributed by atoms with E-state index in [2.05, 4.69) is 20.0 Å². The number of aromatic nitrogens is 2. The molecule has 3 heterocycles. The predicted octanol–water partition coefficient (Wildman–Crippen LogP) is 4.27. The quantitative estimate of drug-likeness (QED) is 0.634. The molecule has 1 saturated heterocycles. The van der Waals surface area contributed by atoms with Crippen molar-refractivity contribution in [3.05, 3.63) is 27.7 Å². The summed E-state index contributed by atoms with van der Waals surface area (Å²) in [5.41, 5.74) is 1.37. The Bertz CT molecular complexity index is 944. The van der Waals surface area contributed by atoms with Crippen LogP contribution in [-0.2, 0) is 26.1 Å². The maximum atomic E-state index is 13.5. The third-order valence-electron chi connectivity index (χ3n) is 5.53. The number of fused-ring (bicyclic) bond motifs is 1. The number of amides is 2. The molecule has 0 saturated carbocycles. The van der Waals surface area contributed by atoms with E-state index in [1.54, 1.807) is 10.9 Å². The normalized spacial score (nSPS) is 19.3. The van der Waals surface area contributed by atoms with Gasteiger partial charge >= 0.3 is 12.2 Å². The summed E-state index contributed by atoms with van der Waals surface area (Å²) in [4.78, 5) is 14.8. The van der Waals surface area contributed by atoms with Crippen molar-refractivity contribution in [1.82, 2.24) is 19.4 Å². The fourth-order valence-electron chi connectivity index (χ4n) is 4.16. The van der Waals surface area contributed by atoms with Crippen LogP contribution < -0.4 is 14.3 Å². The van der Waals surface area contributed by atoms with Gasteiger partial charge in [-0.1, -0.05) is 0 Å². The summed E-state index contributed by atoms with van der Waals surface area (Å²) in [7, 11) is 3.86. The monoisotopic (exact) mass is 474 g/mol. The summed E-state index contributed by atoms with van der Waals surface area (Å²) in [6.07, 6.45) is 3.06. The van der Waals surface area contributed by atoms with E-state index >= 15 is 0 Å². The van der Waals surface area contributed by atoms with Crippen molar-refractivity contribution in [2.45, 2.75) is 44.3 Å². The molecule has 2 amide bonds. The molecular formula is C19H25F3N6OS2. The number of thiophene rings is 1. The molecule has 0 bridgehead atoms. The molecule has 0 radical (unpaired) electrons. The molecule has 4 rings (SSSR count). The van der Waals surface area contributed by atoms with Gasteiger partial charge in [0.1, 0.15) is 4.88 Å². The molecule has 1 aliphatic carbocycles. The first-order chi connectivity index (χ1) is 14.7. The lowest BCUT2D eigenvalue weighted by Gasteiger charge is -2.37. The number of likely N-dealkylation sites (tertiary alicyclic amines) is 1. The van der Waals surface area contributed by atoms with Gasteiger partial charge in [-0.05, 0) is 51.3 Å². The number of nitrogens with zero attached hydrogens (tertiary/aromatic N) is 4. The maximum absolute atomic E-state index is 13.5. The average molecular weight is 475 g/mol. The van der Waals surface area contributed by atoms with Crippen molar-refractivity contribution in [3.8, 4) is 0 Å². The molecule has 2 aromatic rings. The lowest BCUT2D eigenvalue weighted by Crippen LogP contribution is -2.45. The van der Waals surface area contributed by atoms with Gasteiger partial charge in [-0.2, -0.15) is 18.3 Å². The van der Waals surface area contributed by atoms with E-state index in [0.29, 0.717) is 18.4 Å². The fraction of sp³-hybridized carbons (Fsp3) is 0.579. The number of anilines is 2. The molecule has 1 fully saturated rings. The van der Waals surface area contributed by atoms with Crippen molar-refractivity contribution in [2.24, 2.45) is 7.05 Å². The number of urea groups is 1. The Morgan fingerprint density at radius 2 is 2.13 bits per heavy atom. The number of piperidine rings is 1. The molecule has 1 unspecified atom stereocenters. The molecule has 170 valence electrons. The first-order valence-electron chi connectivity index (χ1n) is 10.1. The van der Waals surface area contributed by atoms with E-state index in [1.165, 1.54) is 0 Å². The summed E-state index contributed by atoms with van der Waals surface area (Å²) in [5, 5.41) is 6.70. The molecule has 2 aromatic heterocycles. The van der Waals surface area contributed by atoms with Gasteiger partial charge in [0, 0.05) is 24.7 Å². The highest BCUT2D eigenvalue weighted by molar-refractivity contribution is 7.99. The van der Waals surface area contributed by atoms with Gasteiger partial charge in [0.05, 0.1) is 35.7 Å². The number of alkyl halides is 3. The zero-order chi connectivity index (χ0) is 22.2. The Hall–Kier alpha value is -1.92. The molecule has 12 heteroatoms. The topological polar surface area (TPSA) is 65.4 Å². The van der Waals surface area contributed by atoms with E-state index < -0.39 is 17.1 Å². The summed E-state index contributed by atoms with van der Waals surface area (Å²) >= 11 is 1.83. The third-order valence-corrected chi connectivity index (χ3v) is 7.85. The van der Waals surface area contributed by atoms with Crippen LogP contribution in [0.4, 0.5) is 29.3 Å². The van der Waals surface area contributed by atoms with Gasteiger partial charge in [-0.15, -0.1) is 11.3 Å². The number of rotatable bonds is 5. The number of hydrogen-bond donors (Lipinski definition) is 2. The second-order valence-corrected chi connectivity index (χ2v) is 9.85. The maximum Gasteiger partial charge on any atom is 0.427 e. The van der Waals surface area contributed by atoms with Crippen LogP contribution in [0.3, 0.4) is 0 Å². The van der Waals surface area contributed by atoms with E-state index in [0.717, 1.165) is 66.4 Å². The summed E-state index contributed by atoms with van der Waals surface area (Å²) in [5.74, 6) is 0. The Morgan fingerprint density at radius 3 is 2.81 bits per heavy atom. The molecule has 31 heavy (non-hydrogen) atoms. The third kappa shape index (κ3) is 4.96. The van der Waals surface area contributed by atoms with E-state index in [-0.39, 0.29) is 11.7 Å². The Balaban J connectivity index is 1.48. The second kappa shape index (κ2) is 8.91. The Kier molecular flexibility index (Phi) is 6.40. The lowest BCUT2D eigenvalue weighted by atomic mass is 10.1. The van der Waals surface area contributed by atoms with Crippen molar-refractivity contribution >= 4 is 40.9 Å². The van der Waals surface area contributed by atoms with Crippen molar-refractivity contribution < 1.29 is 18.0 Å². The Morgan fingerprint density at radius 1 is 1.32 bits per heavy atom. The van der Waals surface area contributed by atoms with Gasteiger partial charge in [0.25, 0.3) is 0 Å². The number of carbonyl (C=O) groups excluding carboxylic acids is 1. The van der Waals surface area contributed by atoms with Crippen LogP contribution in [0.2, 0.25) is 0 Å². The number of carbonyl (C=O) groups is 1. The van der Waals surface area contributed by atoms with Gasteiger partial charge in [-0.3, -0.25) is 13.7 Å². The van der Waals surface area contributed by atoms with Gasteiger partial charge < -0.3 is 10.2 Å². The van der Waals surface area contributed by atoms with Crippen LogP contribution in [0.5, 0.6) is 0 Å². The number of nitrogens with one attached hydrogen (secondary N) is 2. The molecule has 1 aliphatic heterocycles. The van der Waals surface area contributed by atoms with Crippen LogP contribution in [0.25, 0.3) is 0 Å². The van der Waals surface area contributed by atoms with Crippen LogP contribution >= 0.6 is 23.5 Å². The van der Waals surface area contributed by atoms with Crippen LogP contribution in [0.15, 0.2) is 12.4 Å². The van der Waals surface area contributed by atoms with Crippen molar-refractivity contribution in [3.63, 3.8) is 0 Å². The fourth-order valence-corrected chi connectivity index (χ4v) is 6.12. The summed E-state index contributed by atoms with van der Waals surface area (Å²) < 4.78 is 46.8. The molecule has 2 N–H and O–H groups in total. The van der Waals surface area contributed by atoms with Gasteiger partial charge in [-0.25, -0.2) is 4.79 Å². The minimum Gasteiger partial charge on any atom is -0.306 e. The number of halogens is 3. The van der Waals surface area contributed by atoms with Gasteiger partial charge in [0.2, 0.25) is 0 Å². The van der Waals surface area contributed by atoms with E-state index in [1.807, 2.05) is 24.6 Å². The zero-order valence-corrected chi connectivity index (χ0v) is 19.0. The van der Waals surface area contributed by atoms with Crippen LogP contribution in [0, 0.1) is 0 Å². The standard InChI is InChI=1S/C19H25F3N6OS2/c1-26-8-4-5-12(10-26)28(13-9-23-27(2)11-13)31-25-18(29)24-16-14-6-3-7-15(14)30-17(16)19(20,21)22/h9,11-12H,3-8,10H2,1-2H3,(H2,24,25,29). The molecule has 7 nitrogen and oxygen atoms in total. The zero-order valence-electron chi connectivity index (χ0n) is 17.3. The highest BCUT2D eigenvalue weighted by Crippen LogP contribution is 2.47. The second-order valence-electron chi connectivity index (χ2n) is 7.96. The van der Waals surface area contributed by atoms with E-state index in [9.17, 15) is 18.0 Å². The number of likely N-dealkylation sites (N-methyl/N-ethyl adjacent to an activating group) is 1. The number of hydrogen-bond acceptors (Lipinski definition) is 6. The van der Waals surface area contributed by atoms with Crippen molar-refractivity contribution in [2.75, 3.05) is 29.8 Å². The van der Waals surface area contributed by atoms with E-state index in [4.69, 9.17) is 0 Å². The highest BCUT2D eigenvalue weighted by atomic mass is 32.2. The van der Waals surface area contributed by atoms with Crippen LogP contribution in [0.1, 0.15) is 34.6 Å². The lowest BCUT2D eigenvalue weighted by molar-refractivity contribution is -0.133. The minimum absolute atomic E-state index is 0.0894. The summed E-state index contributed by atoms with van der Waals surface area (Å²) in [6, 6.07) is -0.523. The molecule has 0 aromatic carbocycles. The molecule has 0 spiro atoms. The SMILES string of the molecule is CN1CCCC(N(SNC(=O)Nc2c(C(F)(F)F)sc3c2CCC3)c2cnn(C)c2)C1. The molecule has 2 aliphatic rings. The van der Waals surface area contributed by atoms with Crippen LogP contribution in [-0.4, -0.2) is 46.9 Å². The number of aryl methyl sites for hydroxylation is 2. The smallest absolute Gasteiger partial charge is 0.306 e. The first kappa shape index (κ1) is 22.3. The minimum atomic E-state index is -4.49. The van der Waals surface area contributed by atoms with Crippen molar-refractivity contribution in [1.29, 1.82) is 0 Å². The Labute approximate surface area is 187 Å². The first-order valence-corrected chi connectivity index (χ1v) is 11.7.